The molecule has 0 spiro atoms. The largest absolute Gasteiger partial charge is 0.348 e. The maximum Gasteiger partial charge on any atom is 0.0936 e. The molecular formula is C11H14N2O. The van der Waals surface area contributed by atoms with Crippen LogP contribution in [0.3, 0.4) is 0 Å². The van der Waals surface area contributed by atoms with Gasteiger partial charge in [0.2, 0.25) is 0 Å². The summed E-state index contributed by atoms with van der Waals surface area (Å²) in [5, 5.41) is 1.22. The molecule has 2 rings (SSSR count). The van der Waals surface area contributed by atoms with E-state index in [9.17, 15) is 0 Å². The zero-order chi connectivity index (χ0) is 10.1. The van der Waals surface area contributed by atoms with Crippen LogP contribution in [-0.4, -0.2) is 4.57 Å². The van der Waals surface area contributed by atoms with E-state index in [2.05, 4.69) is 35.5 Å². The van der Waals surface area contributed by atoms with Gasteiger partial charge in [0.25, 0.3) is 0 Å². The lowest BCUT2D eigenvalue weighted by Crippen LogP contribution is -1.99. The van der Waals surface area contributed by atoms with Gasteiger partial charge in [-0.05, 0) is 24.6 Å². The highest BCUT2D eigenvalue weighted by molar-refractivity contribution is 5.84. The van der Waals surface area contributed by atoms with Crippen LogP contribution in [0, 0.1) is 6.92 Å². The van der Waals surface area contributed by atoms with Gasteiger partial charge in [-0.2, -0.15) is 0 Å². The van der Waals surface area contributed by atoms with Crippen molar-refractivity contribution in [3.8, 4) is 0 Å². The van der Waals surface area contributed by atoms with E-state index < -0.39 is 0 Å². The Morgan fingerprint density at radius 1 is 1.43 bits per heavy atom. The van der Waals surface area contributed by atoms with Gasteiger partial charge in [-0.25, -0.2) is 5.90 Å². The molecule has 1 heterocycles. The monoisotopic (exact) mass is 190 g/mol. The summed E-state index contributed by atoms with van der Waals surface area (Å²) in [6.07, 6.45) is 0. The number of nitrogens with two attached hydrogens (primary N) is 1. The SMILES string of the molecule is Cc1cc2c(CON)cccc2n1C. The van der Waals surface area contributed by atoms with Crippen LogP contribution in [0.5, 0.6) is 0 Å². The van der Waals surface area contributed by atoms with E-state index in [1.54, 1.807) is 0 Å². The van der Waals surface area contributed by atoms with Crippen LogP contribution in [0.25, 0.3) is 10.9 Å². The molecule has 0 bridgehead atoms. The van der Waals surface area contributed by atoms with Gasteiger partial charge in [0.15, 0.2) is 0 Å². The number of aryl methyl sites for hydroxylation is 2. The Labute approximate surface area is 83.0 Å². The summed E-state index contributed by atoms with van der Waals surface area (Å²) >= 11 is 0. The van der Waals surface area contributed by atoms with Crippen LogP contribution >= 0.6 is 0 Å². The third-order valence-electron chi connectivity index (χ3n) is 2.66. The number of benzene rings is 1. The van der Waals surface area contributed by atoms with E-state index in [1.807, 2.05) is 12.1 Å². The van der Waals surface area contributed by atoms with Crippen LogP contribution < -0.4 is 5.90 Å². The second-order valence-electron chi connectivity index (χ2n) is 3.51. The maximum absolute atomic E-state index is 5.09. The van der Waals surface area contributed by atoms with E-state index in [0.29, 0.717) is 6.61 Å². The second-order valence-corrected chi connectivity index (χ2v) is 3.51. The molecule has 2 N–H and O–H groups in total. The van der Waals surface area contributed by atoms with Crippen molar-refractivity contribution in [1.29, 1.82) is 0 Å². The minimum Gasteiger partial charge on any atom is -0.348 e. The first-order valence-corrected chi connectivity index (χ1v) is 4.59. The lowest BCUT2D eigenvalue weighted by atomic mass is 10.1. The molecule has 0 aliphatic heterocycles. The molecule has 0 unspecified atom stereocenters. The summed E-state index contributed by atoms with van der Waals surface area (Å²) in [7, 11) is 2.06. The molecule has 3 heteroatoms. The molecule has 0 aliphatic rings. The topological polar surface area (TPSA) is 40.2 Å². The molecule has 0 saturated carbocycles. The van der Waals surface area contributed by atoms with Gasteiger partial charge in [0.1, 0.15) is 0 Å². The number of hydrogen-bond donors (Lipinski definition) is 1. The fourth-order valence-corrected chi connectivity index (χ4v) is 1.77. The van der Waals surface area contributed by atoms with Gasteiger partial charge in [0.05, 0.1) is 6.61 Å². The van der Waals surface area contributed by atoms with Crippen molar-refractivity contribution < 1.29 is 4.84 Å². The van der Waals surface area contributed by atoms with Crippen LogP contribution in [0.2, 0.25) is 0 Å². The van der Waals surface area contributed by atoms with Gasteiger partial charge in [0, 0.05) is 23.6 Å². The number of fused-ring (bicyclic) bond motifs is 1. The zero-order valence-corrected chi connectivity index (χ0v) is 8.45. The molecule has 0 aliphatic carbocycles. The van der Waals surface area contributed by atoms with Crippen LogP contribution in [0.15, 0.2) is 24.3 Å². The Kier molecular flexibility index (Phi) is 2.27. The van der Waals surface area contributed by atoms with E-state index in [0.717, 1.165) is 5.56 Å². The first-order valence-electron chi connectivity index (χ1n) is 4.59. The summed E-state index contributed by atoms with van der Waals surface area (Å²) in [4.78, 5) is 4.68. The quantitative estimate of drug-likeness (QED) is 0.734. The van der Waals surface area contributed by atoms with Crippen molar-refractivity contribution in [1.82, 2.24) is 4.57 Å². The van der Waals surface area contributed by atoms with Crippen molar-refractivity contribution in [2.45, 2.75) is 13.5 Å². The maximum atomic E-state index is 5.09. The summed E-state index contributed by atoms with van der Waals surface area (Å²) in [6, 6.07) is 8.32. The Balaban J connectivity index is 2.68. The van der Waals surface area contributed by atoms with Gasteiger partial charge in [-0.3, -0.25) is 4.84 Å². The third-order valence-corrected chi connectivity index (χ3v) is 2.66. The smallest absolute Gasteiger partial charge is 0.0936 e. The van der Waals surface area contributed by atoms with Crippen LogP contribution in [-0.2, 0) is 18.5 Å². The fraction of sp³-hybridized carbons (Fsp3) is 0.273. The van der Waals surface area contributed by atoms with Gasteiger partial charge < -0.3 is 4.57 Å². The van der Waals surface area contributed by atoms with E-state index in [1.165, 1.54) is 16.6 Å². The molecule has 0 saturated heterocycles. The Morgan fingerprint density at radius 3 is 2.93 bits per heavy atom. The Bertz CT molecular complexity index is 460. The van der Waals surface area contributed by atoms with Gasteiger partial charge >= 0.3 is 0 Å². The Hall–Kier alpha value is -1.32. The van der Waals surface area contributed by atoms with Crippen molar-refractivity contribution in [2.24, 2.45) is 12.9 Å². The highest BCUT2D eigenvalue weighted by Gasteiger charge is 2.05. The van der Waals surface area contributed by atoms with Crippen molar-refractivity contribution in [3.05, 3.63) is 35.5 Å². The highest BCUT2D eigenvalue weighted by Crippen LogP contribution is 2.22. The van der Waals surface area contributed by atoms with E-state index in [-0.39, 0.29) is 0 Å². The summed E-state index contributed by atoms with van der Waals surface area (Å²) in [5.41, 5.74) is 3.59. The minimum atomic E-state index is 0.459. The number of hydrogen-bond acceptors (Lipinski definition) is 2. The predicted octanol–water partition coefficient (Wildman–Crippen LogP) is 1.88. The number of aromatic nitrogens is 1. The standard InChI is InChI=1S/C11H14N2O/c1-8-6-10-9(7-14-12)4-3-5-11(10)13(8)2/h3-6H,7,12H2,1-2H3. The summed E-state index contributed by atoms with van der Waals surface area (Å²) in [6.45, 7) is 2.55. The minimum absolute atomic E-state index is 0.459. The molecule has 0 amide bonds. The second kappa shape index (κ2) is 3.44. The van der Waals surface area contributed by atoms with Crippen molar-refractivity contribution >= 4 is 10.9 Å². The van der Waals surface area contributed by atoms with Crippen LogP contribution in [0.1, 0.15) is 11.3 Å². The Morgan fingerprint density at radius 2 is 2.21 bits per heavy atom. The molecule has 0 fully saturated rings. The van der Waals surface area contributed by atoms with Crippen molar-refractivity contribution in [2.75, 3.05) is 0 Å². The normalized spacial score (nSPS) is 11.1. The summed E-state index contributed by atoms with van der Waals surface area (Å²) < 4.78 is 2.16. The van der Waals surface area contributed by atoms with E-state index in [4.69, 9.17) is 5.90 Å². The average molecular weight is 190 g/mol. The molecule has 1 aromatic carbocycles. The zero-order valence-electron chi connectivity index (χ0n) is 8.45. The van der Waals surface area contributed by atoms with Gasteiger partial charge in [-0.15, -0.1) is 0 Å². The molecule has 0 radical (unpaired) electrons. The van der Waals surface area contributed by atoms with Gasteiger partial charge in [-0.1, -0.05) is 12.1 Å². The highest BCUT2D eigenvalue weighted by atomic mass is 16.6. The average Bonchev–Trinajstić information content (AvgIpc) is 2.46. The van der Waals surface area contributed by atoms with Crippen LogP contribution in [0.4, 0.5) is 0 Å². The fourth-order valence-electron chi connectivity index (χ4n) is 1.77. The first kappa shape index (κ1) is 9.24. The summed E-state index contributed by atoms with van der Waals surface area (Å²) in [5.74, 6) is 5.09. The number of rotatable bonds is 2. The molecule has 14 heavy (non-hydrogen) atoms. The number of nitrogens with zero attached hydrogens (tertiary/aromatic N) is 1. The van der Waals surface area contributed by atoms with E-state index >= 15 is 0 Å². The van der Waals surface area contributed by atoms with Crippen molar-refractivity contribution in [3.63, 3.8) is 0 Å². The third kappa shape index (κ3) is 1.31. The lowest BCUT2D eigenvalue weighted by molar-refractivity contribution is 0.125. The lowest BCUT2D eigenvalue weighted by Gasteiger charge is -2.02. The molecular weight excluding hydrogens is 176 g/mol. The molecule has 0 atom stereocenters. The molecule has 2 aromatic rings. The molecule has 74 valence electrons. The molecule has 3 nitrogen and oxygen atoms in total. The predicted molar refractivity (Wildman–Crippen MR) is 56.6 cm³/mol. The molecule has 1 aromatic heterocycles. The first-order chi connectivity index (χ1) is 6.74.